The quantitative estimate of drug-likeness (QED) is 0.544. The van der Waals surface area contributed by atoms with Crippen LogP contribution < -0.4 is 0 Å². The van der Waals surface area contributed by atoms with Gasteiger partial charge in [-0.2, -0.15) is 0 Å². The molecule has 2 aliphatic rings. The van der Waals surface area contributed by atoms with Crippen molar-refractivity contribution in [2.75, 3.05) is 6.61 Å². The van der Waals surface area contributed by atoms with Crippen molar-refractivity contribution in [3.63, 3.8) is 0 Å². The maximum absolute atomic E-state index is 4.96. The lowest BCUT2D eigenvalue weighted by molar-refractivity contribution is 0.173. The summed E-state index contributed by atoms with van der Waals surface area (Å²) in [6, 6.07) is 0. The van der Waals surface area contributed by atoms with Crippen LogP contribution in [0.15, 0.2) is 5.16 Å². The Morgan fingerprint density at radius 1 is 1.30 bits per heavy atom. The van der Waals surface area contributed by atoms with Gasteiger partial charge in [0.2, 0.25) is 0 Å². The molecule has 0 N–H and O–H groups in total. The molecule has 2 heteroatoms. The van der Waals surface area contributed by atoms with Crippen molar-refractivity contribution >= 4 is 5.71 Å². The standard InChI is InChI=1S/C8H13NO/c1-2-4-7(3-1)8-5-6-10-9-8/h7H,1-6H2. The highest BCUT2D eigenvalue weighted by Gasteiger charge is 2.23. The summed E-state index contributed by atoms with van der Waals surface area (Å²) < 4.78 is 0. The van der Waals surface area contributed by atoms with Crippen molar-refractivity contribution in [2.45, 2.75) is 32.1 Å². The molecule has 0 aromatic carbocycles. The predicted octanol–water partition coefficient (Wildman–Crippen LogP) is 1.95. The largest absolute Gasteiger partial charge is 0.395 e. The zero-order valence-corrected chi connectivity index (χ0v) is 6.18. The molecule has 10 heavy (non-hydrogen) atoms. The fraction of sp³-hybridized carbons (Fsp3) is 0.875. The van der Waals surface area contributed by atoms with Gasteiger partial charge in [-0.3, -0.25) is 0 Å². The van der Waals surface area contributed by atoms with Crippen LogP contribution in [-0.4, -0.2) is 12.3 Å². The molecule has 0 bridgehead atoms. The molecule has 1 fully saturated rings. The van der Waals surface area contributed by atoms with Crippen LogP contribution in [0.4, 0.5) is 0 Å². The summed E-state index contributed by atoms with van der Waals surface area (Å²) in [7, 11) is 0. The van der Waals surface area contributed by atoms with Crippen LogP contribution in [0.25, 0.3) is 0 Å². The third-order valence-electron chi connectivity index (χ3n) is 2.46. The molecule has 1 heterocycles. The van der Waals surface area contributed by atoms with E-state index in [9.17, 15) is 0 Å². The first-order valence-electron chi connectivity index (χ1n) is 4.15. The molecule has 0 atom stereocenters. The van der Waals surface area contributed by atoms with Crippen LogP contribution in [0, 0.1) is 5.92 Å². The zero-order chi connectivity index (χ0) is 6.81. The van der Waals surface area contributed by atoms with E-state index >= 15 is 0 Å². The summed E-state index contributed by atoms with van der Waals surface area (Å²) >= 11 is 0. The minimum Gasteiger partial charge on any atom is -0.395 e. The van der Waals surface area contributed by atoms with Gasteiger partial charge in [0.1, 0.15) is 6.61 Å². The third kappa shape index (κ3) is 1.02. The van der Waals surface area contributed by atoms with Crippen molar-refractivity contribution in [1.82, 2.24) is 0 Å². The Morgan fingerprint density at radius 3 is 2.70 bits per heavy atom. The summed E-state index contributed by atoms with van der Waals surface area (Å²) in [6.45, 7) is 0.825. The average Bonchev–Trinajstić information content (AvgIpc) is 2.59. The summed E-state index contributed by atoms with van der Waals surface area (Å²) in [5, 5.41) is 4.03. The van der Waals surface area contributed by atoms with Crippen LogP contribution in [-0.2, 0) is 4.84 Å². The van der Waals surface area contributed by atoms with Crippen LogP contribution in [0.3, 0.4) is 0 Å². The second-order valence-corrected chi connectivity index (χ2v) is 3.15. The molecule has 1 aliphatic heterocycles. The Hall–Kier alpha value is -0.530. The summed E-state index contributed by atoms with van der Waals surface area (Å²) in [6.07, 6.45) is 6.57. The van der Waals surface area contributed by atoms with Crippen LogP contribution in [0.1, 0.15) is 32.1 Å². The van der Waals surface area contributed by atoms with Crippen molar-refractivity contribution in [3.05, 3.63) is 0 Å². The average molecular weight is 139 g/mol. The van der Waals surface area contributed by atoms with E-state index in [1.807, 2.05) is 0 Å². The molecule has 56 valence electrons. The first-order chi connectivity index (χ1) is 4.97. The molecule has 0 radical (unpaired) electrons. The summed E-state index contributed by atoms with van der Waals surface area (Å²) in [4.78, 5) is 4.96. The Morgan fingerprint density at radius 2 is 2.10 bits per heavy atom. The first kappa shape index (κ1) is 6.20. The van der Waals surface area contributed by atoms with Gasteiger partial charge in [0.15, 0.2) is 0 Å². The van der Waals surface area contributed by atoms with Gasteiger partial charge in [-0.15, -0.1) is 0 Å². The lowest BCUT2D eigenvalue weighted by atomic mass is 10.0. The number of hydrogen-bond acceptors (Lipinski definition) is 2. The van der Waals surface area contributed by atoms with Gasteiger partial charge in [0, 0.05) is 12.3 Å². The minimum absolute atomic E-state index is 0.780. The van der Waals surface area contributed by atoms with Crippen molar-refractivity contribution in [1.29, 1.82) is 0 Å². The monoisotopic (exact) mass is 139 g/mol. The van der Waals surface area contributed by atoms with E-state index < -0.39 is 0 Å². The normalized spacial score (nSPS) is 26.6. The molecular weight excluding hydrogens is 126 g/mol. The van der Waals surface area contributed by atoms with E-state index in [1.54, 1.807) is 0 Å². The Kier molecular flexibility index (Phi) is 1.61. The molecule has 0 saturated heterocycles. The molecule has 0 unspecified atom stereocenters. The molecule has 0 spiro atoms. The fourth-order valence-electron chi connectivity index (χ4n) is 1.86. The van der Waals surface area contributed by atoms with E-state index in [4.69, 9.17) is 4.84 Å². The molecular formula is C8H13NO. The zero-order valence-electron chi connectivity index (χ0n) is 6.18. The molecule has 1 aliphatic carbocycles. The Bertz CT molecular complexity index is 147. The molecule has 2 nitrogen and oxygen atoms in total. The number of rotatable bonds is 1. The van der Waals surface area contributed by atoms with Crippen LogP contribution in [0.5, 0.6) is 0 Å². The van der Waals surface area contributed by atoms with Gasteiger partial charge >= 0.3 is 0 Å². The highest BCUT2D eigenvalue weighted by Crippen LogP contribution is 2.28. The minimum atomic E-state index is 0.780. The number of hydrogen-bond donors (Lipinski definition) is 0. The number of oxime groups is 1. The molecule has 1 saturated carbocycles. The van der Waals surface area contributed by atoms with Gasteiger partial charge in [-0.1, -0.05) is 18.0 Å². The second kappa shape index (κ2) is 2.60. The lowest BCUT2D eigenvalue weighted by Gasteiger charge is -2.03. The van der Waals surface area contributed by atoms with E-state index in [2.05, 4.69) is 5.16 Å². The highest BCUT2D eigenvalue weighted by molar-refractivity contribution is 5.87. The van der Waals surface area contributed by atoms with Crippen LogP contribution in [0.2, 0.25) is 0 Å². The van der Waals surface area contributed by atoms with Gasteiger partial charge in [-0.25, -0.2) is 0 Å². The molecule has 0 aromatic heterocycles. The van der Waals surface area contributed by atoms with Gasteiger partial charge in [0.25, 0.3) is 0 Å². The lowest BCUT2D eigenvalue weighted by Crippen LogP contribution is -2.07. The predicted molar refractivity (Wildman–Crippen MR) is 40.0 cm³/mol. The van der Waals surface area contributed by atoms with Gasteiger partial charge in [0.05, 0.1) is 5.71 Å². The SMILES string of the molecule is C1CCC(C2=NOCC2)C1. The molecule has 0 amide bonds. The number of nitrogens with zero attached hydrogens (tertiary/aromatic N) is 1. The van der Waals surface area contributed by atoms with Gasteiger partial charge < -0.3 is 4.84 Å². The van der Waals surface area contributed by atoms with Crippen molar-refractivity contribution in [3.8, 4) is 0 Å². The smallest absolute Gasteiger partial charge is 0.122 e. The topological polar surface area (TPSA) is 21.6 Å². The summed E-state index contributed by atoms with van der Waals surface area (Å²) in [5.41, 5.74) is 1.33. The van der Waals surface area contributed by atoms with E-state index in [0.29, 0.717) is 0 Å². The van der Waals surface area contributed by atoms with Crippen LogP contribution >= 0.6 is 0 Å². The second-order valence-electron chi connectivity index (χ2n) is 3.15. The summed E-state index contributed by atoms with van der Waals surface area (Å²) in [5.74, 6) is 0.780. The third-order valence-corrected chi connectivity index (χ3v) is 2.46. The molecule has 2 rings (SSSR count). The maximum Gasteiger partial charge on any atom is 0.122 e. The van der Waals surface area contributed by atoms with E-state index in [1.165, 1.54) is 31.4 Å². The van der Waals surface area contributed by atoms with E-state index in [0.717, 1.165) is 18.9 Å². The van der Waals surface area contributed by atoms with Crippen molar-refractivity contribution < 1.29 is 4.84 Å². The highest BCUT2D eigenvalue weighted by atomic mass is 16.6. The molecule has 0 aromatic rings. The maximum atomic E-state index is 4.96. The van der Waals surface area contributed by atoms with Gasteiger partial charge in [-0.05, 0) is 12.8 Å². The first-order valence-corrected chi connectivity index (χ1v) is 4.15. The van der Waals surface area contributed by atoms with E-state index in [-0.39, 0.29) is 0 Å². The van der Waals surface area contributed by atoms with Crippen molar-refractivity contribution in [2.24, 2.45) is 11.1 Å². The Labute approximate surface area is 61.2 Å². The Balaban J connectivity index is 1.97. The fourth-order valence-corrected chi connectivity index (χ4v) is 1.86.